The van der Waals surface area contributed by atoms with Gasteiger partial charge in [-0.2, -0.15) is 4.98 Å². The van der Waals surface area contributed by atoms with Crippen LogP contribution in [0.25, 0.3) is 5.57 Å². The second kappa shape index (κ2) is 7.61. The number of nitrogens with one attached hydrogen (secondary N) is 1. The number of rotatable bonds is 5. The minimum atomic E-state index is -0.0416. The first-order chi connectivity index (χ1) is 11.6. The fourth-order valence-corrected chi connectivity index (χ4v) is 3.33. The molecule has 0 fully saturated rings. The third-order valence-electron chi connectivity index (χ3n) is 3.95. The molecule has 0 aliphatic carbocycles. The van der Waals surface area contributed by atoms with E-state index in [1.165, 1.54) is 10.5 Å². The van der Waals surface area contributed by atoms with E-state index in [1.54, 1.807) is 11.3 Å². The number of carbonyl (C=O) groups excluding carboxylic acids is 1. The van der Waals surface area contributed by atoms with Gasteiger partial charge in [0.15, 0.2) is 5.82 Å². The molecule has 1 N–H and O–H groups in total. The van der Waals surface area contributed by atoms with Crippen molar-refractivity contribution in [3.8, 4) is 0 Å². The molecule has 1 aliphatic heterocycles. The van der Waals surface area contributed by atoms with E-state index in [0.717, 1.165) is 13.0 Å². The average Bonchev–Trinajstić information content (AvgIpc) is 3.27. The average molecular weight is 346 g/mol. The van der Waals surface area contributed by atoms with Gasteiger partial charge in [0.2, 0.25) is 5.89 Å². The van der Waals surface area contributed by atoms with Gasteiger partial charge < -0.3 is 14.7 Å². The Morgan fingerprint density at radius 1 is 1.50 bits per heavy atom. The van der Waals surface area contributed by atoms with E-state index in [0.29, 0.717) is 31.2 Å². The Kier molecular flexibility index (Phi) is 5.30. The zero-order valence-electron chi connectivity index (χ0n) is 14.0. The number of aromatic nitrogens is 2. The third-order valence-corrected chi connectivity index (χ3v) is 4.89. The van der Waals surface area contributed by atoms with Crippen LogP contribution in [0.3, 0.4) is 0 Å². The highest BCUT2D eigenvalue weighted by Crippen LogP contribution is 2.25. The van der Waals surface area contributed by atoms with E-state index in [4.69, 9.17) is 4.52 Å². The standard InChI is InChI=1S/C17H22N4O2S/c1-12(2)16-19-15(23-20-16)5-8-18-17(22)21-9-6-13(7-10-21)14-4-3-11-24-14/h3-4,6,11-12H,5,7-10H2,1-2H3,(H,18,22). The van der Waals surface area contributed by atoms with Crippen molar-refractivity contribution in [2.75, 3.05) is 19.6 Å². The van der Waals surface area contributed by atoms with Gasteiger partial charge in [-0.15, -0.1) is 11.3 Å². The summed E-state index contributed by atoms with van der Waals surface area (Å²) >= 11 is 1.74. The summed E-state index contributed by atoms with van der Waals surface area (Å²) in [4.78, 5) is 19.6. The van der Waals surface area contributed by atoms with Crippen LogP contribution in [0, 0.1) is 0 Å². The van der Waals surface area contributed by atoms with Gasteiger partial charge in [0, 0.05) is 36.9 Å². The summed E-state index contributed by atoms with van der Waals surface area (Å²) in [5.41, 5.74) is 1.33. The van der Waals surface area contributed by atoms with Crippen LogP contribution in [0.5, 0.6) is 0 Å². The molecule has 24 heavy (non-hydrogen) atoms. The van der Waals surface area contributed by atoms with Crippen LogP contribution in [0.2, 0.25) is 0 Å². The van der Waals surface area contributed by atoms with Crippen LogP contribution >= 0.6 is 11.3 Å². The lowest BCUT2D eigenvalue weighted by Gasteiger charge is -2.26. The van der Waals surface area contributed by atoms with E-state index in [1.807, 2.05) is 18.7 Å². The van der Waals surface area contributed by atoms with Gasteiger partial charge >= 0.3 is 6.03 Å². The molecule has 0 saturated carbocycles. The van der Waals surface area contributed by atoms with Crippen LogP contribution in [0.1, 0.15) is 42.8 Å². The SMILES string of the molecule is CC(C)c1noc(CCNC(=O)N2CC=C(c3cccs3)CC2)n1. The Morgan fingerprint density at radius 2 is 2.38 bits per heavy atom. The van der Waals surface area contributed by atoms with Gasteiger partial charge in [0.25, 0.3) is 0 Å². The van der Waals surface area contributed by atoms with E-state index >= 15 is 0 Å². The third kappa shape index (κ3) is 4.03. The molecule has 2 amide bonds. The monoisotopic (exact) mass is 346 g/mol. The Hall–Kier alpha value is -2.15. The van der Waals surface area contributed by atoms with Crippen molar-refractivity contribution in [3.63, 3.8) is 0 Å². The molecule has 7 heteroatoms. The van der Waals surface area contributed by atoms with E-state index < -0.39 is 0 Å². The Balaban J connectivity index is 1.44. The molecule has 1 aliphatic rings. The van der Waals surface area contributed by atoms with Crippen molar-refractivity contribution in [1.82, 2.24) is 20.4 Å². The van der Waals surface area contributed by atoms with Crippen molar-refractivity contribution in [1.29, 1.82) is 0 Å². The largest absolute Gasteiger partial charge is 0.339 e. The van der Waals surface area contributed by atoms with E-state index in [9.17, 15) is 4.79 Å². The molecular formula is C17H22N4O2S. The van der Waals surface area contributed by atoms with Crippen molar-refractivity contribution < 1.29 is 9.32 Å². The molecular weight excluding hydrogens is 324 g/mol. The fraction of sp³-hybridized carbons (Fsp3) is 0.471. The molecule has 3 rings (SSSR count). The molecule has 6 nitrogen and oxygen atoms in total. The van der Waals surface area contributed by atoms with Crippen molar-refractivity contribution in [2.45, 2.75) is 32.6 Å². The van der Waals surface area contributed by atoms with Gasteiger partial charge in [-0.05, 0) is 23.4 Å². The molecule has 128 valence electrons. The fourth-order valence-electron chi connectivity index (χ4n) is 2.53. The normalized spacial score (nSPS) is 14.8. The van der Waals surface area contributed by atoms with Crippen molar-refractivity contribution in [3.05, 3.63) is 40.2 Å². The topological polar surface area (TPSA) is 71.3 Å². The maximum Gasteiger partial charge on any atom is 0.317 e. The van der Waals surface area contributed by atoms with Gasteiger partial charge in [-0.25, -0.2) is 4.79 Å². The Labute approximate surface area is 145 Å². The zero-order chi connectivity index (χ0) is 16.9. The van der Waals surface area contributed by atoms with Crippen molar-refractivity contribution >= 4 is 22.9 Å². The number of urea groups is 1. The number of carbonyl (C=O) groups is 1. The van der Waals surface area contributed by atoms with Gasteiger partial charge in [-0.3, -0.25) is 0 Å². The van der Waals surface area contributed by atoms with Crippen LogP contribution in [-0.2, 0) is 6.42 Å². The molecule has 0 bridgehead atoms. The molecule has 2 aromatic rings. The first-order valence-electron chi connectivity index (χ1n) is 8.21. The molecule has 0 radical (unpaired) electrons. The lowest BCUT2D eigenvalue weighted by atomic mass is 10.1. The molecule has 0 aromatic carbocycles. The predicted octanol–water partition coefficient (Wildman–Crippen LogP) is 3.30. The maximum atomic E-state index is 12.2. The smallest absolute Gasteiger partial charge is 0.317 e. The minimum Gasteiger partial charge on any atom is -0.339 e. The lowest BCUT2D eigenvalue weighted by molar-refractivity contribution is 0.203. The van der Waals surface area contributed by atoms with Gasteiger partial charge in [0.05, 0.1) is 0 Å². The minimum absolute atomic E-state index is 0.0416. The van der Waals surface area contributed by atoms with E-state index in [-0.39, 0.29) is 11.9 Å². The molecule has 0 spiro atoms. The number of thiophene rings is 1. The number of hydrogen-bond donors (Lipinski definition) is 1. The number of amides is 2. The highest BCUT2D eigenvalue weighted by atomic mass is 32.1. The van der Waals surface area contributed by atoms with Crippen LogP contribution < -0.4 is 5.32 Å². The number of hydrogen-bond acceptors (Lipinski definition) is 5. The van der Waals surface area contributed by atoms with Crippen molar-refractivity contribution in [2.24, 2.45) is 0 Å². The summed E-state index contributed by atoms with van der Waals surface area (Å²) in [6.45, 7) is 5.93. The summed E-state index contributed by atoms with van der Waals surface area (Å²) in [7, 11) is 0. The molecule has 3 heterocycles. The van der Waals surface area contributed by atoms with Gasteiger partial charge in [-0.1, -0.05) is 31.1 Å². The second-order valence-electron chi connectivity index (χ2n) is 6.09. The molecule has 0 atom stereocenters. The predicted molar refractivity (Wildman–Crippen MR) is 94.0 cm³/mol. The highest BCUT2D eigenvalue weighted by molar-refractivity contribution is 7.11. The maximum absolute atomic E-state index is 12.2. The van der Waals surface area contributed by atoms with E-state index in [2.05, 4.69) is 39.0 Å². The first-order valence-corrected chi connectivity index (χ1v) is 9.09. The zero-order valence-corrected chi connectivity index (χ0v) is 14.8. The van der Waals surface area contributed by atoms with Gasteiger partial charge in [0.1, 0.15) is 0 Å². The lowest BCUT2D eigenvalue weighted by Crippen LogP contribution is -2.42. The first kappa shape index (κ1) is 16.7. The highest BCUT2D eigenvalue weighted by Gasteiger charge is 2.18. The summed E-state index contributed by atoms with van der Waals surface area (Å²) in [6, 6.07) is 4.14. The molecule has 2 aromatic heterocycles. The second-order valence-corrected chi connectivity index (χ2v) is 7.03. The summed E-state index contributed by atoms with van der Waals surface area (Å²) < 4.78 is 5.17. The molecule has 0 unspecified atom stereocenters. The summed E-state index contributed by atoms with van der Waals surface area (Å²) in [5, 5.41) is 8.92. The molecule has 0 saturated heterocycles. The Bertz CT molecular complexity index is 706. The van der Waals surface area contributed by atoms with Crippen LogP contribution in [0.4, 0.5) is 4.79 Å². The quantitative estimate of drug-likeness (QED) is 0.902. The van der Waals surface area contributed by atoms with Crippen LogP contribution in [-0.4, -0.2) is 40.7 Å². The summed E-state index contributed by atoms with van der Waals surface area (Å²) in [6.07, 6.45) is 3.59. The Morgan fingerprint density at radius 3 is 3.00 bits per heavy atom. The summed E-state index contributed by atoms with van der Waals surface area (Å²) in [5.74, 6) is 1.52. The van der Waals surface area contributed by atoms with Crippen LogP contribution in [0.15, 0.2) is 28.1 Å². The number of nitrogens with zero attached hydrogens (tertiary/aromatic N) is 3.